The van der Waals surface area contributed by atoms with E-state index in [-0.39, 0.29) is 17.9 Å². The first kappa shape index (κ1) is 14.0. The Kier molecular flexibility index (Phi) is 3.61. The van der Waals surface area contributed by atoms with Crippen LogP contribution < -0.4 is 5.56 Å². The number of halogens is 1. The summed E-state index contributed by atoms with van der Waals surface area (Å²) < 4.78 is 1.89. The van der Waals surface area contributed by atoms with Gasteiger partial charge in [-0.2, -0.15) is 0 Å². The summed E-state index contributed by atoms with van der Waals surface area (Å²) in [7, 11) is 0. The van der Waals surface area contributed by atoms with Crippen LogP contribution in [0.15, 0.2) is 40.8 Å². The summed E-state index contributed by atoms with van der Waals surface area (Å²) >= 11 is 7.35. The summed E-state index contributed by atoms with van der Waals surface area (Å²) in [6.07, 6.45) is 1.42. The molecule has 0 radical (unpaired) electrons. The van der Waals surface area contributed by atoms with Gasteiger partial charge in [-0.25, -0.2) is 4.98 Å². The van der Waals surface area contributed by atoms with Gasteiger partial charge in [-0.3, -0.25) is 14.2 Å². The van der Waals surface area contributed by atoms with Crippen molar-refractivity contribution in [2.24, 2.45) is 0 Å². The Balaban J connectivity index is 1.99. The van der Waals surface area contributed by atoms with E-state index in [1.165, 1.54) is 22.2 Å². The predicted octanol–water partition coefficient (Wildman–Crippen LogP) is 3.30. The van der Waals surface area contributed by atoms with Crippen LogP contribution in [0.25, 0.3) is 10.2 Å². The molecule has 0 aliphatic rings. The predicted molar refractivity (Wildman–Crippen MR) is 84.4 cm³/mol. The topological polar surface area (TPSA) is 52.0 Å². The number of nitrogens with zero attached hydrogens (tertiary/aromatic N) is 2. The molecule has 21 heavy (non-hydrogen) atoms. The van der Waals surface area contributed by atoms with Crippen molar-refractivity contribution in [1.29, 1.82) is 0 Å². The number of rotatable bonds is 3. The van der Waals surface area contributed by atoms with Crippen LogP contribution in [-0.4, -0.2) is 15.3 Å². The van der Waals surface area contributed by atoms with Gasteiger partial charge < -0.3 is 0 Å². The second kappa shape index (κ2) is 5.42. The van der Waals surface area contributed by atoms with Crippen molar-refractivity contribution in [3.05, 3.63) is 62.5 Å². The highest BCUT2D eigenvalue weighted by Gasteiger charge is 2.14. The van der Waals surface area contributed by atoms with Gasteiger partial charge in [0.2, 0.25) is 0 Å². The SMILES string of the molecule is Cc1csc2c(=O)n(CC(=O)c3ccccc3Cl)cnc12. The van der Waals surface area contributed by atoms with Crippen LogP contribution in [0.1, 0.15) is 15.9 Å². The van der Waals surface area contributed by atoms with Crippen LogP contribution in [0.2, 0.25) is 5.02 Å². The molecule has 0 unspecified atom stereocenters. The summed E-state index contributed by atoms with van der Waals surface area (Å²) in [5.41, 5.74) is 1.88. The fourth-order valence-electron chi connectivity index (χ4n) is 2.10. The van der Waals surface area contributed by atoms with Crippen molar-refractivity contribution in [1.82, 2.24) is 9.55 Å². The van der Waals surface area contributed by atoms with Gasteiger partial charge in [0.15, 0.2) is 5.78 Å². The van der Waals surface area contributed by atoms with Crippen molar-refractivity contribution in [2.45, 2.75) is 13.5 Å². The molecule has 2 aromatic heterocycles. The second-order valence-electron chi connectivity index (χ2n) is 4.68. The van der Waals surface area contributed by atoms with E-state index >= 15 is 0 Å². The van der Waals surface area contributed by atoms with Crippen molar-refractivity contribution in [2.75, 3.05) is 0 Å². The Morgan fingerprint density at radius 2 is 2.14 bits per heavy atom. The number of thiophene rings is 1. The van der Waals surface area contributed by atoms with E-state index in [9.17, 15) is 9.59 Å². The lowest BCUT2D eigenvalue weighted by atomic mass is 10.1. The Hall–Kier alpha value is -1.98. The lowest BCUT2D eigenvalue weighted by Crippen LogP contribution is -2.24. The molecule has 3 rings (SSSR count). The van der Waals surface area contributed by atoms with E-state index < -0.39 is 0 Å². The van der Waals surface area contributed by atoms with E-state index in [1.807, 2.05) is 12.3 Å². The van der Waals surface area contributed by atoms with Crippen molar-refractivity contribution in [3.8, 4) is 0 Å². The molecule has 106 valence electrons. The maximum atomic E-state index is 12.3. The minimum absolute atomic E-state index is 0.0670. The highest BCUT2D eigenvalue weighted by molar-refractivity contribution is 7.17. The molecular weight excluding hydrogens is 308 g/mol. The van der Waals surface area contributed by atoms with Gasteiger partial charge in [0.25, 0.3) is 5.56 Å². The number of aryl methyl sites for hydroxylation is 1. The molecule has 0 aliphatic heterocycles. The van der Waals surface area contributed by atoms with E-state index in [1.54, 1.807) is 24.3 Å². The molecule has 0 bridgehead atoms. The third-order valence-corrected chi connectivity index (χ3v) is 4.62. The summed E-state index contributed by atoms with van der Waals surface area (Å²) in [5, 5.41) is 2.27. The second-order valence-corrected chi connectivity index (χ2v) is 5.96. The molecule has 3 aromatic rings. The Morgan fingerprint density at radius 1 is 1.38 bits per heavy atom. The van der Waals surface area contributed by atoms with Crippen LogP contribution in [0.3, 0.4) is 0 Å². The molecule has 2 heterocycles. The lowest BCUT2D eigenvalue weighted by Gasteiger charge is -2.06. The summed E-state index contributed by atoms with van der Waals surface area (Å²) in [6, 6.07) is 6.80. The van der Waals surface area contributed by atoms with Gasteiger partial charge in [-0.15, -0.1) is 11.3 Å². The molecule has 0 N–H and O–H groups in total. The molecule has 0 atom stereocenters. The highest BCUT2D eigenvalue weighted by Crippen LogP contribution is 2.20. The van der Waals surface area contributed by atoms with E-state index in [4.69, 9.17) is 11.6 Å². The molecule has 0 saturated heterocycles. The van der Waals surface area contributed by atoms with Crippen LogP contribution in [0, 0.1) is 6.92 Å². The quantitative estimate of drug-likeness (QED) is 0.696. The van der Waals surface area contributed by atoms with E-state index in [0.29, 0.717) is 20.8 Å². The fraction of sp³-hybridized carbons (Fsp3) is 0.133. The van der Waals surface area contributed by atoms with E-state index in [0.717, 1.165) is 5.56 Å². The number of hydrogen-bond donors (Lipinski definition) is 0. The molecule has 0 saturated carbocycles. The number of hydrogen-bond acceptors (Lipinski definition) is 4. The summed E-state index contributed by atoms with van der Waals surface area (Å²) in [6.45, 7) is 1.84. The lowest BCUT2D eigenvalue weighted by molar-refractivity contribution is 0.0971. The molecule has 6 heteroatoms. The van der Waals surface area contributed by atoms with Crippen LogP contribution in [0.4, 0.5) is 0 Å². The van der Waals surface area contributed by atoms with Crippen molar-refractivity contribution >= 4 is 38.9 Å². The Morgan fingerprint density at radius 3 is 2.90 bits per heavy atom. The normalized spacial score (nSPS) is 11.0. The summed E-state index contributed by atoms with van der Waals surface area (Å²) in [5.74, 6) is -0.211. The molecule has 0 amide bonds. The molecule has 0 aliphatic carbocycles. The smallest absolute Gasteiger partial charge is 0.271 e. The number of ketones is 1. The molecule has 4 nitrogen and oxygen atoms in total. The zero-order valence-corrected chi connectivity index (χ0v) is 12.7. The zero-order chi connectivity index (χ0) is 15.0. The van der Waals surface area contributed by atoms with Gasteiger partial charge in [0, 0.05) is 5.56 Å². The number of fused-ring (bicyclic) bond motifs is 1. The number of carbonyl (C=O) groups is 1. The Labute approximate surface area is 129 Å². The highest BCUT2D eigenvalue weighted by atomic mass is 35.5. The largest absolute Gasteiger partial charge is 0.292 e. The molecular formula is C15H11ClN2O2S. The van der Waals surface area contributed by atoms with Gasteiger partial charge in [0.1, 0.15) is 4.70 Å². The first-order valence-electron chi connectivity index (χ1n) is 6.29. The molecule has 1 aromatic carbocycles. The third-order valence-electron chi connectivity index (χ3n) is 3.21. The number of benzene rings is 1. The zero-order valence-electron chi connectivity index (χ0n) is 11.2. The average Bonchev–Trinajstić information content (AvgIpc) is 2.84. The van der Waals surface area contributed by atoms with Crippen LogP contribution >= 0.6 is 22.9 Å². The number of aromatic nitrogens is 2. The molecule has 0 spiro atoms. The van der Waals surface area contributed by atoms with Crippen LogP contribution in [0.5, 0.6) is 0 Å². The van der Waals surface area contributed by atoms with Gasteiger partial charge in [-0.1, -0.05) is 23.7 Å². The minimum Gasteiger partial charge on any atom is -0.292 e. The summed E-state index contributed by atoms with van der Waals surface area (Å²) in [4.78, 5) is 28.9. The van der Waals surface area contributed by atoms with Crippen molar-refractivity contribution in [3.63, 3.8) is 0 Å². The van der Waals surface area contributed by atoms with Gasteiger partial charge >= 0.3 is 0 Å². The minimum atomic E-state index is -0.211. The maximum Gasteiger partial charge on any atom is 0.271 e. The number of Topliss-reactive ketones (excluding diaryl/α,β-unsaturated/α-hetero) is 1. The standard InChI is InChI=1S/C15H11ClN2O2S/c1-9-7-21-14-13(9)17-8-18(15(14)20)6-12(19)10-4-2-3-5-11(10)16/h2-5,7-8H,6H2,1H3. The van der Waals surface area contributed by atoms with E-state index in [2.05, 4.69) is 4.98 Å². The van der Waals surface area contributed by atoms with Gasteiger partial charge in [-0.05, 0) is 30.0 Å². The first-order valence-corrected chi connectivity index (χ1v) is 7.54. The Bertz CT molecular complexity index is 898. The third kappa shape index (κ3) is 2.50. The fourth-order valence-corrected chi connectivity index (χ4v) is 3.29. The van der Waals surface area contributed by atoms with Gasteiger partial charge in [0.05, 0.1) is 23.4 Å². The van der Waals surface area contributed by atoms with Crippen LogP contribution in [-0.2, 0) is 6.54 Å². The van der Waals surface area contributed by atoms with Crippen molar-refractivity contribution < 1.29 is 4.79 Å². The molecule has 0 fully saturated rings. The first-order chi connectivity index (χ1) is 10.1. The number of carbonyl (C=O) groups excluding carboxylic acids is 1. The average molecular weight is 319 g/mol. The maximum absolute atomic E-state index is 12.3. The monoisotopic (exact) mass is 318 g/mol.